The molecule has 6 heteroatoms. The maximum atomic E-state index is 13.2. The molecule has 1 aliphatic heterocycles. The van der Waals surface area contributed by atoms with E-state index in [9.17, 15) is 4.79 Å². The van der Waals surface area contributed by atoms with Crippen molar-refractivity contribution in [1.82, 2.24) is 4.90 Å². The number of carbonyl (C=O) groups is 1. The molecule has 0 N–H and O–H groups in total. The summed E-state index contributed by atoms with van der Waals surface area (Å²) in [6, 6.07) is 15.5. The van der Waals surface area contributed by atoms with Crippen molar-refractivity contribution >= 4 is 23.2 Å². The molecule has 158 valence electrons. The number of nitrogens with zero attached hydrogens (tertiary/aromatic N) is 2. The normalized spacial score (nSPS) is 18.7. The van der Waals surface area contributed by atoms with Crippen molar-refractivity contribution in [2.45, 2.75) is 44.8 Å². The summed E-state index contributed by atoms with van der Waals surface area (Å²) < 4.78 is 5.22. The lowest BCUT2D eigenvalue weighted by Gasteiger charge is -2.27. The lowest BCUT2D eigenvalue weighted by atomic mass is 10.0. The monoisotopic (exact) mass is 426 g/mol. The molecular weight excluding hydrogens is 400 g/mol. The molecule has 2 aromatic carbocycles. The molecule has 4 rings (SSSR count). The predicted octanol–water partition coefficient (Wildman–Crippen LogP) is 5.06. The Hall–Kier alpha value is -2.53. The zero-order chi connectivity index (χ0) is 20.9. The Bertz CT molecular complexity index is 907. The highest BCUT2D eigenvalue weighted by Crippen LogP contribution is 2.28. The molecule has 1 saturated carbocycles. The molecule has 0 bridgehead atoms. The number of carbonyl (C=O) groups excluding carboxylic acids is 1. The molecule has 1 heterocycles. The van der Waals surface area contributed by atoms with Gasteiger partial charge in [0.25, 0.3) is 0 Å². The summed E-state index contributed by atoms with van der Waals surface area (Å²) in [4.78, 5) is 20.9. The van der Waals surface area contributed by atoms with E-state index >= 15 is 0 Å². The van der Waals surface area contributed by atoms with Gasteiger partial charge in [-0.15, -0.1) is 0 Å². The van der Waals surface area contributed by atoms with Crippen molar-refractivity contribution in [1.29, 1.82) is 0 Å². The second kappa shape index (κ2) is 9.52. The summed E-state index contributed by atoms with van der Waals surface area (Å²) in [6.07, 6.45) is 4.74. The first-order valence-electron chi connectivity index (χ1n) is 10.5. The topological polar surface area (TPSA) is 51.1 Å². The molecule has 0 saturated heterocycles. The number of amides is 1. The second-order valence-corrected chi connectivity index (χ2v) is 8.46. The number of methoxy groups -OCH3 is 1. The molecule has 1 fully saturated rings. The number of oxime groups is 1. The van der Waals surface area contributed by atoms with Crippen molar-refractivity contribution < 1.29 is 14.4 Å². The number of hydrogen-bond donors (Lipinski definition) is 0. The van der Waals surface area contributed by atoms with Crippen molar-refractivity contribution in [3.63, 3.8) is 0 Å². The summed E-state index contributed by atoms with van der Waals surface area (Å²) in [7, 11) is 1.65. The summed E-state index contributed by atoms with van der Waals surface area (Å²) in [6.45, 7) is 1.05. The molecular formula is C24H27ClN2O3. The number of ether oxygens (including phenoxy) is 1. The fraction of sp³-hybridized carbons (Fsp3) is 0.417. The number of benzene rings is 2. The van der Waals surface area contributed by atoms with Gasteiger partial charge in [0.15, 0.2) is 6.10 Å². The first-order valence-corrected chi connectivity index (χ1v) is 10.9. The largest absolute Gasteiger partial charge is 0.497 e. The molecule has 30 heavy (non-hydrogen) atoms. The Morgan fingerprint density at radius 2 is 1.97 bits per heavy atom. The highest BCUT2D eigenvalue weighted by atomic mass is 35.5. The maximum absolute atomic E-state index is 13.2. The molecule has 5 nitrogen and oxygen atoms in total. The third kappa shape index (κ3) is 4.96. The Kier molecular flexibility index (Phi) is 6.58. The first kappa shape index (κ1) is 20.7. The van der Waals surface area contributed by atoms with Gasteiger partial charge in [-0.1, -0.05) is 41.7 Å². The van der Waals surface area contributed by atoms with Gasteiger partial charge in [-0.05, 0) is 60.4 Å². The minimum atomic E-state index is -0.147. The lowest BCUT2D eigenvalue weighted by Crippen LogP contribution is -2.40. The molecule has 1 aliphatic carbocycles. The third-order valence-electron chi connectivity index (χ3n) is 5.86. The first-order chi connectivity index (χ1) is 14.6. The maximum Gasteiger partial charge on any atom is 0.226 e. The van der Waals surface area contributed by atoms with Crippen LogP contribution in [0, 0.1) is 5.92 Å². The summed E-state index contributed by atoms with van der Waals surface area (Å²) in [5.41, 5.74) is 2.95. The zero-order valence-electron chi connectivity index (χ0n) is 17.2. The number of halogens is 1. The van der Waals surface area contributed by atoms with Gasteiger partial charge in [0, 0.05) is 23.9 Å². The molecule has 1 atom stereocenters. The second-order valence-electron chi connectivity index (χ2n) is 8.03. The fourth-order valence-corrected chi connectivity index (χ4v) is 4.46. The van der Waals surface area contributed by atoms with Gasteiger partial charge in [0.1, 0.15) is 5.75 Å². The van der Waals surface area contributed by atoms with E-state index in [4.69, 9.17) is 21.2 Å². The molecule has 0 aromatic heterocycles. The minimum Gasteiger partial charge on any atom is -0.497 e. The van der Waals surface area contributed by atoms with Crippen LogP contribution in [0.3, 0.4) is 0 Å². The van der Waals surface area contributed by atoms with Crippen LogP contribution in [0.2, 0.25) is 5.02 Å². The Morgan fingerprint density at radius 1 is 1.20 bits per heavy atom. The van der Waals surface area contributed by atoms with Gasteiger partial charge in [-0.3, -0.25) is 4.79 Å². The van der Waals surface area contributed by atoms with Crippen LogP contribution in [0.4, 0.5) is 0 Å². The Labute approximate surface area is 182 Å². The van der Waals surface area contributed by atoms with Crippen LogP contribution in [0.5, 0.6) is 5.75 Å². The Balaban J connectivity index is 1.44. The van der Waals surface area contributed by atoms with Crippen LogP contribution < -0.4 is 4.74 Å². The van der Waals surface area contributed by atoms with Crippen molar-refractivity contribution in [2.75, 3.05) is 13.7 Å². The summed E-state index contributed by atoms with van der Waals surface area (Å²) >= 11 is 6.16. The van der Waals surface area contributed by atoms with E-state index in [-0.39, 0.29) is 17.9 Å². The van der Waals surface area contributed by atoms with E-state index in [0.717, 1.165) is 48.3 Å². The van der Waals surface area contributed by atoms with Gasteiger partial charge in [-0.2, -0.15) is 0 Å². The standard InChI is InChI=1S/C24H27ClN2O3/c1-29-21-11-9-18(10-12-21)23-14-22(30-26-23)16-27(24(28)19-6-2-3-7-19)15-17-5-4-8-20(25)13-17/h4-5,8-13,19,22H,2-3,6-7,14-16H2,1H3/t22-/m1/s1. The van der Waals surface area contributed by atoms with E-state index < -0.39 is 0 Å². The van der Waals surface area contributed by atoms with Gasteiger partial charge in [0.05, 0.1) is 19.4 Å². The van der Waals surface area contributed by atoms with Gasteiger partial charge in [0.2, 0.25) is 5.91 Å². The van der Waals surface area contributed by atoms with Crippen LogP contribution in [-0.2, 0) is 16.2 Å². The molecule has 0 unspecified atom stereocenters. The average molecular weight is 427 g/mol. The van der Waals surface area contributed by atoms with E-state index in [1.165, 1.54) is 0 Å². The SMILES string of the molecule is COc1ccc(C2=NO[C@@H](CN(Cc3cccc(Cl)c3)C(=O)C3CCCC3)C2)cc1. The van der Waals surface area contributed by atoms with Crippen molar-refractivity contribution in [3.8, 4) is 5.75 Å². The average Bonchev–Trinajstić information content (AvgIpc) is 3.45. The highest BCUT2D eigenvalue weighted by Gasteiger charge is 2.31. The van der Waals surface area contributed by atoms with E-state index in [2.05, 4.69) is 5.16 Å². The van der Waals surface area contributed by atoms with E-state index in [0.29, 0.717) is 24.5 Å². The minimum absolute atomic E-state index is 0.118. The van der Waals surface area contributed by atoms with Crippen LogP contribution in [0.15, 0.2) is 53.7 Å². The fourth-order valence-electron chi connectivity index (χ4n) is 4.25. The number of hydrogen-bond acceptors (Lipinski definition) is 4. The molecule has 2 aliphatic rings. The third-order valence-corrected chi connectivity index (χ3v) is 6.09. The van der Waals surface area contributed by atoms with Gasteiger partial charge < -0.3 is 14.5 Å². The molecule has 2 aromatic rings. The predicted molar refractivity (Wildman–Crippen MR) is 118 cm³/mol. The molecule has 0 spiro atoms. The van der Waals surface area contributed by atoms with Crippen molar-refractivity contribution in [2.24, 2.45) is 11.1 Å². The Morgan fingerprint density at radius 3 is 2.67 bits per heavy atom. The van der Waals surface area contributed by atoms with Crippen molar-refractivity contribution in [3.05, 3.63) is 64.7 Å². The smallest absolute Gasteiger partial charge is 0.226 e. The van der Waals surface area contributed by atoms with E-state index in [1.54, 1.807) is 7.11 Å². The van der Waals surface area contributed by atoms with Crippen LogP contribution in [0.25, 0.3) is 0 Å². The highest BCUT2D eigenvalue weighted by molar-refractivity contribution is 6.30. The van der Waals surface area contributed by atoms with E-state index in [1.807, 2.05) is 53.4 Å². The van der Waals surface area contributed by atoms with Crippen LogP contribution in [-0.4, -0.2) is 36.3 Å². The molecule has 0 radical (unpaired) electrons. The van der Waals surface area contributed by atoms with Crippen LogP contribution >= 0.6 is 11.6 Å². The zero-order valence-corrected chi connectivity index (χ0v) is 18.0. The van der Waals surface area contributed by atoms with Crippen LogP contribution in [0.1, 0.15) is 43.2 Å². The molecule has 1 amide bonds. The summed E-state index contributed by atoms with van der Waals surface area (Å²) in [5, 5.41) is 4.97. The van der Waals surface area contributed by atoms with Gasteiger partial charge >= 0.3 is 0 Å². The van der Waals surface area contributed by atoms with Gasteiger partial charge in [-0.25, -0.2) is 0 Å². The summed E-state index contributed by atoms with van der Waals surface area (Å²) in [5.74, 6) is 1.14. The lowest BCUT2D eigenvalue weighted by molar-refractivity contribution is -0.137. The number of rotatable bonds is 7. The quantitative estimate of drug-likeness (QED) is 0.621.